The monoisotopic (exact) mass is 537 g/mol. The molecule has 1 heterocycles. The number of ether oxygens (including phenoxy) is 1. The lowest BCUT2D eigenvalue weighted by molar-refractivity contribution is -0.138. The van der Waals surface area contributed by atoms with E-state index < -0.39 is 31.1 Å². The molecule has 8 heteroatoms. The maximum atomic E-state index is 13.9. The molecule has 0 fully saturated rings. The summed E-state index contributed by atoms with van der Waals surface area (Å²) in [6, 6.07) is 15.5. The number of carbonyl (C=O) groups excluding carboxylic acids is 1. The second-order valence-electron chi connectivity index (χ2n) is 9.66. The zero-order valence-electron chi connectivity index (χ0n) is 22.4. The van der Waals surface area contributed by atoms with Crippen molar-refractivity contribution in [3.8, 4) is 40.5 Å². The van der Waals surface area contributed by atoms with E-state index >= 15 is 0 Å². The van der Waals surface area contributed by atoms with Gasteiger partial charge in [0.25, 0.3) is 0 Å². The first-order valence-electron chi connectivity index (χ1n) is 12.3. The molecular formula is C30H33FNO5P. The van der Waals surface area contributed by atoms with Gasteiger partial charge >= 0.3 is 5.97 Å². The SMILES string of the molecule is C#CC(C(=O)Oc1c(C(C)C)nc(-c2ccccc2)c(C(C)C)c1-c1ccc(F)cc1)(C(C)O)[PH](=O)OC. The van der Waals surface area contributed by atoms with Crippen LogP contribution in [-0.2, 0) is 13.9 Å². The smallest absolute Gasteiger partial charge is 0.342 e. The van der Waals surface area contributed by atoms with E-state index in [1.165, 1.54) is 19.1 Å². The average Bonchev–Trinajstić information content (AvgIpc) is 2.89. The lowest BCUT2D eigenvalue weighted by Gasteiger charge is -2.30. The van der Waals surface area contributed by atoms with E-state index in [-0.39, 0.29) is 17.6 Å². The molecule has 0 aliphatic rings. The quantitative estimate of drug-likeness (QED) is 0.189. The van der Waals surface area contributed by atoms with Crippen LogP contribution in [0.1, 0.15) is 57.7 Å². The molecule has 0 bridgehead atoms. The Balaban J connectivity index is 2.45. The summed E-state index contributed by atoms with van der Waals surface area (Å²) < 4.78 is 37.8. The minimum atomic E-state index is -3.27. The van der Waals surface area contributed by atoms with Crippen molar-refractivity contribution in [1.82, 2.24) is 4.98 Å². The number of hydrogen-bond donors (Lipinski definition) is 1. The number of benzene rings is 2. The third-order valence-electron chi connectivity index (χ3n) is 6.40. The molecule has 38 heavy (non-hydrogen) atoms. The maximum Gasteiger partial charge on any atom is 0.342 e. The van der Waals surface area contributed by atoms with Crippen LogP contribution in [0.2, 0.25) is 0 Å². The molecular weight excluding hydrogens is 504 g/mol. The van der Waals surface area contributed by atoms with Gasteiger partial charge in [0.15, 0.2) is 5.75 Å². The van der Waals surface area contributed by atoms with Crippen molar-refractivity contribution in [2.75, 3.05) is 7.11 Å². The Morgan fingerprint density at radius 3 is 2.11 bits per heavy atom. The van der Waals surface area contributed by atoms with Crippen molar-refractivity contribution < 1.29 is 28.1 Å². The van der Waals surface area contributed by atoms with Gasteiger partial charge in [-0.2, -0.15) is 0 Å². The molecule has 0 aliphatic heterocycles. The van der Waals surface area contributed by atoms with Crippen molar-refractivity contribution in [3.63, 3.8) is 0 Å². The minimum absolute atomic E-state index is 0.0938. The molecule has 2 aromatic carbocycles. The van der Waals surface area contributed by atoms with Crippen molar-refractivity contribution in [1.29, 1.82) is 0 Å². The summed E-state index contributed by atoms with van der Waals surface area (Å²) in [5, 5.41) is 8.27. The second-order valence-corrected chi connectivity index (χ2v) is 11.4. The highest BCUT2D eigenvalue weighted by atomic mass is 31.1. The van der Waals surface area contributed by atoms with Crippen LogP contribution in [-0.4, -0.2) is 34.4 Å². The molecule has 3 aromatic rings. The summed E-state index contributed by atoms with van der Waals surface area (Å²) in [5.74, 6) is 0.491. The number of nitrogens with zero attached hydrogens (tertiary/aromatic N) is 1. The fourth-order valence-electron chi connectivity index (χ4n) is 4.37. The molecule has 1 aromatic heterocycles. The predicted molar refractivity (Wildman–Crippen MR) is 148 cm³/mol. The van der Waals surface area contributed by atoms with E-state index in [1.54, 1.807) is 12.1 Å². The first-order valence-corrected chi connectivity index (χ1v) is 13.7. The van der Waals surface area contributed by atoms with Crippen molar-refractivity contribution in [3.05, 3.63) is 71.7 Å². The molecule has 0 radical (unpaired) electrons. The standard InChI is InChI=1S/C30H33FNO5P/c1-8-30(20(6)33,38(35)36-7)29(34)37-28-25(21-14-16-23(31)17-15-21)24(18(2)3)27(32-26(28)19(4)5)22-12-10-9-11-13-22/h1,9-20,33,38H,2-7H3. The number of aliphatic hydroxyl groups is 1. The zero-order valence-corrected chi connectivity index (χ0v) is 23.4. The molecule has 0 saturated heterocycles. The number of pyridine rings is 1. The normalized spacial score (nSPS) is 14.6. The number of aromatic nitrogens is 1. The van der Waals surface area contributed by atoms with Crippen LogP contribution >= 0.6 is 8.03 Å². The number of aliphatic hydroxyl groups excluding tert-OH is 1. The van der Waals surface area contributed by atoms with E-state index in [0.29, 0.717) is 22.5 Å². The number of carbonyl (C=O) groups is 1. The Morgan fingerprint density at radius 2 is 1.63 bits per heavy atom. The van der Waals surface area contributed by atoms with Crippen molar-refractivity contribution >= 4 is 14.0 Å². The second kappa shape index (κ2) is 12.0. The first kappa shape index (κ1) is 29.3. The fourth-order valence-corrected chi connectivity index (χ4v) is 5.37. The average molecular weight is 538 g/mol. The number of halogens is 1. The van der Waals surface area contributed by atoms with Crippen LogP contribution in [0.15, 0.2) is 54.6 Å². The molecule has 0 aliphatic carbocycles. The molecule has 200 valence electrons. The Hall–Kier alpha value is -3.30. The van der Waals surface area contributed by atoms with Crippen molar-refractivity contribution in [2.45, 2.75) is 57.7 Å². The molecule has 6 nitrogen and oxygen atoms in total. The number of esters is 1. The summed E-state index contributed by atoms with van der Waals surface area (Å²) in [5.41, 5.74) is 3.94. The van der Waals surface area contributed by atoms with Gasteiger partial charge in [0.05, 0.1) is 17.5 Å². The topological polar surface area (TPSA) is 85.7 Å². The number of hydrogen-bond acceptors (Lipinski definition) is 6. The van der Waals surface area contributed by atoms with E-state index in [4.69, 9.17) is 20.7 Å². The van der Waals surface area contributed by atoms with Gasteiger partial charge in [0.1, 0.15) is 5.82 Å². The van der Waals surface area contributed by atoms with Gasteiger partial charge in [-0.25, -0.2) is 14.2 Å². The molecule has 3 unspecified atom stereocenters. The number of rotatable bonds is 9. The van der Waals surface area contributed by atoms with Gasteiger partial charge in [0, 0.05) is 18.2 Å². The van der Waals surface area contributed by atoms with Gasteiger partial charge in [-0.05, 0) is 42.0 Å². The highest BCUT2D eigenvalue weighted by Crippen LogP contribution is 2.48. The Labute approximate surface area is 224 Å². The Morgan fingerprint density at radius 1 is 1.03 bits per heavy atom. The van der Waals surface area contributed by atoms with Gasteiger partial charge < -0.3 is 14.4 Å². The molecule has 1 N–H and O–H groups in total. The summed E-state index contributed by atoms with van der Waals surface area (Å²) in [6.45, 7) is 9.05. The van der Waals surface area contributed by atoms with Crippen LogP contribution in [0.3, 0.4) is 0 Å². The molecule has 0 spiro atoms. The minimum Gasteiger partial charge on any atom is -0.422 e. The lowest BCUT2D eigenvalue weighted by Crippen LogP contribution is -2.46. The molecule has 3 atom stereocenters. The zero-order chi connectivity index (χ0) is 28.2. The van der Waals surface area contributed by atoms with E-state index in [2.05, 4.69) is 5.92 Å². The third-order valence-corrected chi connectivity index (χ3v) is 8.18. The predicted octanol–water partition coefficient (Wildman–Crippen LogP) is 6.58. The van der Waals surface area contributed by atoms with Crippen LogP contribution < -0.4 is 4.74 Å². The molecule has 3 rings (SSSR count). The Bertz CT molecular complexity index is 1360. The van der Waals surface area contributed by atoms with Crippen LogP contribution in [0.25, 0.3) is 22.4 Å². The maximum absolute atomic E-state index is 13.9. The van der Waals surface area contributed by atoms with E-state index in [9.17, 15) is 18.9 Å². The van der Waals surface area contributed by atoms with Gasteiger partial charge in [-0.1, -0.05) is 76.1 Å². The van der Waals surface area contributed by atoms with Gasteiger partial charge in [-0.15, -0.1) is 6.42 Å². The Kier molecular flexibility index (Phi) is 9.27. The number of terminal acetylenes is 1. The van der Waals surface area contributed by atoms with Gasteiger partial charge in [0.2, 0.25) is 13.2 Å². The molecule has 0 amide bonds. The fraction of sp³-hybridized carbons (Fsp3) is 0.333. The van der Waals surface area contributed by atoms with Crippen LogP contribution in [0.5, 0.6) is 5.75 Å². The van der Waals surface area contributed by atoms with Crippen LogP contribution in [0.4, 0.5) is 4.39 Å². The lowest BCUT2D eigenvalue weighted by atomic mass is 9.86. The first-order chi connectivity index (χ1) is 18.0. The van der Waals surface area contributed by atoms with Crippen molar-refractivity contribution in [2.24, 2.45) is 0 Å². The summed E-state index contributed by atoms with van der Waals surface area (Å²) in [7, 11) is -2.11. The third kappa shape index (κ3) is 5.44. The highest BCUT2D eigenvalue weighted by Gasteiger charge is 2.50. The molecule has 0 saturated carbocycles. The van der Waals surface area contributed by atoms with E-state index in [0.717, 1.165) is 18.2 Å². The summed E-state index contributed by atoms with van der Waals surface area (Å²) in [4.78, 5) is 18.7. The van der Waals surface area contributed by atoms with Gasteiger partial charge in [-0.3, -0.25) is 4.57 Å². The summed E-state index contributed by atoms with van der Waals surface area (Å²) >= 11 is 0. The van der Waals surface area contributed by atoms with Crippen LogP contribution in [0, 0.1) is 18.2 Å². The van der Waals surface area contributed by atoms with E-state index in [1.807, 2.05) is 58.0 Å². The largest absolute Gasteiger partial charge is 0.422 e. The highest BCUT2D eigenvalue weighted by molar-refractivity contribution is 7.43. The summed E-state index contributed by atoms with van der Waals surface area (Å²) in [6.07, 6.45) is 4.14.